The Morgan fingerprint density at radius 1 is 0.778 bits per heavy atom. The molecule has 2 aromatic carbocycles. The standard InChI is InChI=1S/C42H44Cl2N6O4/c1-24(51)48-14-16-49(17-15-48)33-12-10-25-18-31(46-40(53-2)36(25)33)29-8-4-6-27(38(29)43)28-7-5-9-30(39(28)44)32-19-26-11-13-34(37(26)41(47-32)54-3)50-22-42(23-50)20-35(52)45-21-42/h4-9,18-19,33-34H,10-17,20-23H2,1-3H3,(H,45,52)/t33-,34-/m1/s1. The number of aromatic nitrogens is 2. The molecule has 3 fully saturated rings. The molecule has 2 aliphatic carbocycles. The van der Waals surface area contributed by atoms with Crippen molar-refractivity contribution in [1.29, 1.82) is 0 Å². The fourth-order valence-electron chi connectivity index (χ4n) is 9.72. The first kappa shape index (κ1) is 35.5. The molecule has 1 N–H and O–H groups in total. The van der Waals surface area contributed by atoms with Crippen molar-refractivity contribution in [1.82, 2.24) is 30.0 Å². The van der Waals surface area contributed by atoms with Gasteiger partial charge >= 0.3 is 0 Å². The van der Waals surface area contributed by atoms with Gasteiger partial charge in [-0.1, -0.05) is 59.6 Å². The number of piperazine rings is 1. The van der Waals surface area contributed by atoms with Crippen LogP contribution in [0.5, 0.6) is 11.8 Å². The number of fused-ring (bicyclic) bond motifs is 2. The van der Waals surface area contributed by atoms with E-state index in [9.17, 15) is 9.59 Å². The van der Waals surface area contributed by atoms with Crippen LogP contribution in [0.1, 0.15) is 60.5 Å². The molecule has 2 aromatic heterocycles. The predicted octanol–water partition coefficient (Wildman–Crippen LogP) is 6.76. The Balaban J connectivity index is 1.00. The number of aryl methyl sites for hydroxylation is 2. The number of ether oxygens (including phenoxy) is 2. The maximum atomic E-state index is 11.9. The molecule has 0 bridgehead atoms. The summed E-state index contributed by atoms with van der Waals surface area (Å²) in [5, 5.41) is 4.14. The zero-order valence-corrected chi connectivity index (χ0v) is 32.4. The van der Waals surface area contributed by atoms with Crippen molar-refractivity contribution in [3.05, 3.63) is 80.8 Å². The van der Waals surface area contributed by atoms with Gasteiger partial charge in [-0.05, 0) is 48.9 Å². The highest BCUT2D eigenvalue weighted by Gasteiger charge is 2.51. The average molecular weight is 768 g/mol. The average Bonchev–Trinajstić information content (AvgIpc) is 3.91. The molecular formula is C42H44Cl2N6O4. The maximum Gasteiger partial charge on any atom is 0.220 e. The summed E-state index contributed by atoms with van der Waals surface area (Å²) < 4.78 is 11.9. The molecule has 3 aliphatic heterocycles. The maximum absolute atomic E-state index is 11.9. The molecule has 4 aromatic rings. The van der Waals surface area contributed by atoms with Gasteiger partial charge in [-0.25, -0.2) is 9.97 Å². The van der Waals surface area contributed by atoms with Crippen LogP contribution in [0.25, 0.3) is 33.6 Å². The number of hydrogen-bond donors (Lipinski definition) is 1. The first-order valence-corrected chi connectivity index (χ1v) is 19.7. The van der Waals surface area contributed by atoms with E-state index in [0.29, 0.717) is 28.2 Å². The smallest absolute Gasteiger partial charge is 0.220 e. The van der Waals surface area contributed by atoms with Gasteiger partial charge in [-0.3, -0.25) is 19.4 Å². The van der Waals surface area contributed by atoms with Gasteiger partial charge in [0.1, 0.15) is 0 Å². The summed E-state index contributed by atoms with van der Waals surface area (Å²) in [6.07, 6.45) is 4.42. The van der Waals surface area contributed by atoms with Crippen LogP contribution < -0.4 is 14.8 Å². The minimum absolute atomic E-state index is 0.0629. The molecule has 2 atom stereocenters. The van der Waals surface area contributed by atoms with Crippen LogP contribution in [0, 0.1) is 5.41 Å². The summed E-state index contributed by atoms with van der Waals surface area (Å²) in [6, 6.07) is 16.7. The number of amides is 2. The third kappa shape index (κ3) is 5.93. The Kier molecular flexibility index (Phi) is 9.08. The lowest BCUT2D eigenvalue weighted by Gasteiger charge is -2.50. The summed E-state index contributed by atoms with van der Waals surface area (Å²) in [7, 11) is 3.36. The van der Waals surface area contributed by atoms with Gasteiger partial charge in [0.25, 0.3) is 0 Å². The Hall–Kier alpha value is -4.22. The number of likely N-dealkylation sites (tertiary alicyclic amines) is 1. The van der Waals surface area contributed by atoms with Crippen LogP contribution in [-0.4, -0.2) is 96.5 Å². The van der Waals surface area contributed by atoms with Crippen molar-refractivity contribution in [3.63, 3.8) is 0 Å². The van der Waals surface area contributed by atoms with Gasteiger partial charge in [0.2, 0.25) is 23.6 Å². The molecule has 0 saturated carbocycles. The van der Waals surface area contributed by atoms with Crippen LogP contribution in [0.3, 0.4) is 0 Å². The van der Waals surface area contributed by atoms with E-state index >= 15 is 0 Å². The number of rotatable bonds is 7. The van der Waals surface area contributed by atoms with E-state index < -0.39 is 0 Å². The number of nitrogens with one attached hydrogen (secondary N) is 1. The number of nitrogens with zero attached hydrogens (tertiary/aromatic N) is 5. The molecule has 0 unspecified atom stereocenters. The van der Waals surface area contributed by atoms with Crippen LogP contribution >= 0.6 is 23.2 Å². The van der Waals surface area contributed by atoms with Gasteiger partial charge in [0, 0.05) is 110 Å². The first-order valence-electron chi connectivity index (χ1n) is 18.9. The molecule has 12 heteroatoms. The summed E-state index contributed by atoms with van der Waals surface area (Å²) >= 11 is 14.6. The third-order valence-electron chi connectivity index (χ3n) is 12.4. The fraction of sp³-hybridized carbons (Fsp3) is 0.429. The van der Waals surface area contributed by atoms with Gasteiger partial charge < -0.3 is 19.7 Å². The van der Waals surface area contributed by atoms with Gasteiger partial charge in [-0.2, -0.15) is 0 Å². The second kappa shape index (κ2) is 13.8. The summed E-state index contributed by atoms with van der Waals surface area (Å²) in [6.45, 7) is 7.35. The Morgan fingerprint density at radius 3 is 1.74 bits per heavy atom. The van der Waals surface area contributed by atoms with Crippen molar-refractivity contribution >= 4 is 35.0 Å². The Labute approximate surface area is 325 Å². The van der Waals surface area contributed by atoms with E-state index in [1.165, 1.54) is 11.1 Å². The largest absolute Gasteiger partial charge is 0.481 e. The number of carbonyl (C=O) groups excluding carboxylic acids is 2. The van der Waals surface area contributed by atoms with Crippen molar-refractivity contribution in [3.8, 4) is 45.4 Å². The lowest BCUT2D eigenvalue weighted by molar-refractivity contribution is -0.131. The van der Waals surface area contributed by atoms with Crippen molar-refractivity contribution < 1.29 is 19.1 Å². The molecule has 9 rings (SSSR count). The zero-order valence-electron chi connectivity index (χ0n) is 30.9. The lowest BCUT2D eigenvalue weighted by Crippen LogP contribution is -2.58. The van der Waals surface area contributed by atoms with Crippen LogP contribution in [0.15, 0.2) is 48.5 Å². The van der Waals surface area contributed by atoms with E-state index in [1.807, 2.05) is 41.3 Å². The van der Waals surface area contributed by atoms with Gasteiger partial charge in [0.05, 0.1) is 35.7 Å². The molecule has 54 heavy (non-hydrogen) atoms. The normalized spacial score (nSPS) is 21.9. The summed E-state index contributed by atoms with van der Waals surface area (Å²) in [5.41, 5.74) is 9.55. The fourth-order valence-corrected chi connectivity index (χ4v) is 10.4. The minimum atomic E-state index is 0.0629. The quantitative estimate of drug-likeness (QED) is 0.220. The SMILES string of the molecule is COc1nc(-c2cccc(-c3cccc(-c4cc5c(c(OC)n4)[C@H](N4CC6(CNC(=O)C6)C4)CC5)c3Cl)c2Cl)cc2c1[C@H](N1CCN(C(C)=O)CC1)CC2. The molecule has 1 spiro atoms. The Morgan fingerprint density at radius 2 is 1.28 bits per heavy atom. The third-order valence-corrected chi connectivity index (χ3v) is 13.2. The summed E-state index contributed by atoms with van der Waals surface area (Å²) in [4.78, 5) is 40.8. The number of carbonyl (C=O) groups is 2. The lowest BCUT2D eigenvalue weighted by atomic mass is 9.77. The van der Waals surface area contributed by atoms with Crippen molar-refractivity contribution in [2.75, 3.05) is 60.0 Å². The topological polar surface area (TPSA) is 100 Å². The molecule has 2 amide bonds. The van der Waals surface area contributed by atoms with E-state index in [-0.39, 0.29) is 29.3 Å². The molecule has 5 aliphatic rings. The van der Waals surface area contributed by atoms with Crippen LogP contribution in [0.4, 0.5) is 0 Å². The van der Waals surface area contributed by atoms with E-state index in [4.69, 9.17) is 42.6 Å². The predicted molar refractivity (Wildman–Crippen MR) is 209 cm³/mol. The minimum Gasteiger partial charge on any atom is -0.481 e. The highest BCUT2D eigenvalue weighted by molar-refractivity contribution is 6.39. The highest BCUT2D eigenvalue weighted by atomic mass is 35.5. The zero-order chi connectivity index (χ0) is 37.3. The highest BCUT2D eigenvalue weighted by Crippen LogP contribution is 2.50. The van der Waals surface area contributed by atoms with Gasteiger partial charge in [-0.15, -0.1) is 0 Å². The number of halogens is 2. The molecule has 5 heterocycles. The van der Waals surface area contributed by atoms with Crippen LogP contribution in [0.2, 0.25) is 10.0 Å². The van der Waals surface area contributed by atoms with Crippen LogP contribution in [-0.2, 0) is 22.4 Å². The molecule has 0 radical (unpaired) electrons. The number of benzene rings is 2. The van der Waals surface area contributed by atoms with E-state index in [1.54, 1.807) is 21.1 Å². The van der Waals surface area contributed by atoms with Crippen molar-refractivity contribution in [2.24, 2.45) is 5.41 Å². The molecule has 280 valence electrons. The van der Waals surface area contributed by atoms with E-state index in [2.05, 4.69) is 27.2 Å². The first-order chi connectivity index (χ1) is 26.2. The number of hydrogen-bond acceptors (Lipinski definition) is 8. The monoisotopic (exact) mass is 766 g/mol. The molecule has 3 saturated heterocycles. The second-order valence-electron chi connectivity index (χ2n) is 15.5. The number of methoxy groups -OCH3 is 2. The molecule has 10 nitrogen and oxygen atoms in total. The number of pyridine rings is 2. The van der Waals surface area contributed by atoms with Gasteiger partial charge in [0.15, 0.2) is 0 Å². The second-order valence-corrected chi connectivity index (χ2v) is 16.3. The van der Waals surface area contributed by atoms with E-state index in [0.717, 1.165) is 116 Å². The summed E-state index contributed by atoms with van der Waals surface area (Å²) in [5.74, 6) is 1.54. The molecular weight excluding hydrogens is 723 g/mol. The Bertz CT molecular complexity index is 2180. The van der Waals surface area contributed by atoms with Crippen molar-refractivity contribution in [2.45, 2.75) is 51.1 Å².